The third-order valence-corrected chi connectivity index (χ3v) is 6.39. The maximum atomic E-state index is 12.9. The lowest BCUT2D eigenvalue weighted by Crippen LogP contribution is -2.28. The number of nitrogens with one attached hydrogen (secondary N) is 1. The number of benzene rings is 2. The summed E-state index contributed by atoms with van der Waals surface area (Å²) in [6, 6.07) is 14.5. The van der Waals surface area contributed by atoms with Gasteiger partial charge in [-0.2, -0.15) is 4.98 Å². The van der Waals surface area contributed by atoms with E-state index in [4.69, 9.17) is 16.1 Å². The Morgan fingerprint density at radius 1 is 1.12 bits per heavy atom. The monoisotopic (exact) mass is 450 g/mol. The number of nitrogens with zero attached hydrogens (tertiary/aromatic N) is 3. The Labute approximate surface area is 190 Å². The number of rotatable bonds is 5. The second-order valence-electron chi connectivity index (χ2n) is 8.39. The second-order valence-corrected chi connectivity index (χ2v) is 8.83. The predicted octanol–water partition coefficient (Wildman–Crippen LogP) is 5.04. The van der Waals surface area contributed by atoms with E-state index in [1.165, 1.54) is 12.8 Å². The summed E-state index contributed by atoms with van der Waals surface area (Å²) >= 11 is 6.05. The predicted molar refractivity (Wildman–Crippen MR) is 121 cm³/mol. The summed E-state index contributed by atoms with van der Waals surface area (Å²) in [5.41, 5.74) is 2.11. The van der Waals surface area contributed by atoms with Crippen molar-refractivity contribution >= 4 is 34.8 Å². The van der Waals surface area contributed by atoms with Crippen molar-refractivity contribution in [3.8, 4) is 11.4 Å². The molecule has 5 rings (SSSR count). The summed E-state index contributed by atoms with van der Waals surface area (Å²) in [6.45, 7) is 0.320. The van der Waals surface area contributed by atoms with Crippen molar-refractivity contribution in [3.63, 3.8) is 0 Å². The molecule has 1 aliphatic heterocycles. The van der Waals surface area contributed by atoms with Gasteiger partial charge in [-0.25, -0.2) is 0 Å². The van der Waals surface area contributed by atoms with E-state index in [1.54, 1.807) is 23.1 Å². The molecule has 3 aromatic rings. The molecule has 2 amide bonds. The Morgan fingerprint density at radius 3 is 2.75 bits per heavy atom. The summed E-state index contributed by atoms with van der Waals surface area (Å²) in [4.78, 5) is 31.5. The average Bonchev–Trinajstić information content (AvgIpc) is 3.54. The third kappa shape index (κ3) is 4.25. The van der Waals surface area contributed by atoms with Crippen LogP contribution in [0, 0.1) is 5.92 Å². The normalized spacial score (nSPS) is 19.0. The zero-order chi connectivity index (χ0) is 22.1. The highest BCUT2D eigenvalue weighted by atomic mass is 35.5. The topological polar surface area (TPSA) is 88.3 Å². The minimum atomic E-state index is -0.440. The van der Waals surface area contributed by atoms with Gasteiger partial charge in [-0.15, -0.1) is 0 Å². The first-order chi connectivity index (χ1) is 15.6. The Balaban J connectivity index is 1.27. The largest absolute Gasteiger partial charge is 0.339 e. The van der Waals surface area contributed by atoms with Crippen LogP contribution in [0.25, 0.3) is 11.4 Å². The zero-order valence-corrected chi connectivity index (χ0v) is 18.2. The van der Waals surface area contributed by atoms with Crippen LogP contribution < -0.4 is 10.2 Å². The molecular weight excluding hydrogens is 428 g/mol. The molecule has 7 nitrogen and oxygen atoms in total. The standard InChI is InChI=1S/C24H23ClN4O3/c25-18-8-4-10-20(13-18)29-14-17(12-21(29)30)23(31)26-19-9-3-7-16(11-19)22-27-24(32-28-22)15-5-1-2-6-15/h3-4,7-11,13,15,17H,1-2,5-6,12,14H2,(H,26,31)/t17-/m1/s1. The summed E-state index contributed by atoms with van der Waals surface area (Å²) < 4.78 is 5.48. The molecule has 1 saturated heterocycles. The molecule has 1 saturated carbocycles. The van der Waals surface area contributed by atoms with Gasteiger partial charge < -0.3 is 14.7 Å². The van der Waals surface area contributed by atoms with Gasteiger partial charge in [0.1, 0.15) is 0 Å². The van der Waals surface area contributed by atoms with Crippen LogP contribution in [0.2, 0.25) is 5.02 Å². The third-order valence-electron chi connectivity index (χ3n) is 6.15. The Bertz CT molecular complexity index is 1160. The first kappa shape index (κ1) is 20.7. The van der Waals surface area contributed by atoms with E-state index >= 15 is 0 Å². The summed E-state index contributed by atoms with van der Waals surface area (Å²) in [5, 5.41) is 7.61. The van der Waals surface area contributed by atoms with Gasteiger partial charge in [0.05, 0.1) is 5.92 Å². The lowest BCUT2D eigenvalue weighted by molar-refractivity contribution is -0.122. The lowest BCUT2D eigenvalue weighted by Gasteiger charge is -2.17. The lowest BCUT2D eigenvalue weighted by atomic mass is 10.1. The molecule has 164 valence electrons. The highest BCUT2D eigenvalue weighted by molar-refractivity contribution is 6.31. The summed E-state index contributed by atoms with van der Waals surface area (Å²) in [5.74, 6) is 0.835. The molecule has 2 aliphatic rings. The molecule has 8 heteroatoms. The average molecular weight is 451 g/mol. The number of anilines is 2. The quantitative estimate of drug-likeness (QED) is 0.588. The number of hydrogen-bond acceptors (Lipinski definition) is 5. The van der Waals surface area contributed by atoms with Crippen LogP contribution >= 0.6 is 11.6 Å². The van der Waals surface area contributed by atoms with Crippen LogP contribution in [0.4, 0.5) is 11.4 Å². The molecule has 0 unspecified atom stereocenters. The minimum absolute atomic E-state index is 0.0904. The molecule has 1 aromatic heterocycles. The van der Waals surface area contributed by atoms with E-state index in [1.807, 2.05) is 30.3 Å². The first-order valence-electron chi connectivity index (χ1n) is 10.9. The highest BCUT2D eigenvalue weighted by Crippen LogP contribution is 2.34. The first-order valence-corrected chi connectivity index (χ1v) is 11.3. The fourth-order valence-electron chi connectivity index (χ4n) is 4.45. The number of carbonyl (C=O) groups excluding carboxylic acids is 2. The van der Waals surface area contributed by atoms with Crippen molar-refractivity contribution < 1.29 is 14.1 Å². The van der Waals surface area contributed by atoms with E-state index in [-0.39, 0.29) is 18.2 Å². The van der Waals surface area contributed by atoms with Crippen molar-refractivity contribution in [2.45, 2.75) is 38.0 Å². The van der Waals surface area contributed by atoms with Gasteiger partial charge >= 0.3 is 0 Å². The van der Waals surface area contributed by atoms with Crippen molar-refractivity contribution in [1.29, 1.82) is 0 Å². The maximum Gasteiger partial charge on any atom is 0.230 e. The Kier molecular flexibility index (Phi) is 5.66. The van der Waals surface area contributed by atoms with Crippen molar-refractivity contribution in [2.24, 2.45) is 5.92 Å². The molecule has 1 atom stereocenters. The smallest absolute Gasteiger partial charge is 0.230 e. The van der Waals surface area contributed by atoms with Gasteiger partial charge in [0, 0.05) is 40.8 Å². The molecule has 0 radical (unpaired) electrons. The van der Waals surface area contributed by atoms with E-state index in [2.05, 4.69) is 15.5 Å². The maximum absolute atomic E-state index is 12.9. The SMILES string of the molecule is O=C(Nc1cccc(-c2noc(C3CCCC3)n2)c1)[C@@H]1CC(=O)N(c2cccc(Cl)c2)C1. The number of amides is 2. The Morgan fingerprint density at radius 2 is 1.94 bits per heavy atom. The molecule has 2 aromatic carbocycles. The van der Waals surface area contributed by atoms with Gasteiger partial charge in [-0.3, -0.25) is 9.59 Å². The van der Waals surface area contributed by atoms with Gasteiger partial charge in [0.25, 0.3) is 0 Å². The van der Waals surface area contributed by atoms with Crippen LogP contribution in [-0.2, 0) is 9.59 Å². The molecule has 32 heavy (non-hydrogen) atoms. The van der Waals surface area contributed by atoms with Crippen LogP contribution in [0.5, 0.6) is 0 Å². The van der Waals surface area contributed by atoms with E-state index in [0.29, 0.717) is 40.6 Å². The molecular formula is C24H23ClN4O3. The minimum Gasteiger partial charge on any atom is -0.339 e. The van der Waals surface area contributed by atoms with Gasteiger partial charge in [-0.05, 0) is 43.2 Å². The number of halogens is 1. The highest BCUT2D eigenvalue weighted by Gasteiger charge is 2.35. The molecule has 1 N–H and O–H groups in total. The van der Waals surface area contributed by atoms with Crippen LogP contribution in [-0.4, -0.2) is 28.5 Å². The molecule has 1 aliphatic carbocycles. The Hall–Kier alpha value is -3.19. The van der Waals surface area contributed by atoms with Crippen LogP contribution in [0.15, 0.2) is 53.1 Å². The number of hydrogen-bond donors (Lipinski definition) is 1. The molecule has 0 bridgehead atoms. The van der Waals surface area contributed by atoms with Crippen molar-refractivity contribution in [3.05, 3.63) is 59.4 Å². The van der Waals surface area contributed by atoms with Gasteiger partial charge in [-0.1, -0.05) is 47.8 Å². The van der Waals surface area contributed by atoms with Crippen LogP contribution in [0.3, 0.4) is 0 Å². The summed E-state index contributed by atoms with van der Waals surface area (Å²) in [7, 11) is 0. The van der Waals surface area contributed by atoms with Crippen molar-refractivity contribution in [2.75, 3.05) is 16.8 Å². The number of aromatic nitrogens is 2. The van der Waals surface area contributed by atoms with E-state index < -0.39 is 5.92 Å². The molecule has 2 fully saturated rings. The number of carbonyl (C=O) groups is 2. The van der Waals surface area contributed by atoms with Crippen molar-refractivity contribution in [1.82, 2.24) is 10.1 Å². The summed E-state index contributed by atoms with van der Waals surface area (Å²) in [6.07, 6.45) is 4.73. The fourth-order valence-corrected chi connectivity index (χ4v) is 4.63. The van der Waals surface area contributed by atoms with E-state index in [0.717, 1.165) is 18.4 Å². The van der Waals surface area contributed by atoms with Gasteiger partial charge in [0.15, 0.2) is 0 Å². The fraction of sp³-hybridized carbons (Fsp3) is 0.333. The van der Waals surface area contributed by atoms with Gasteiger partial charge in [0.2, 0.25) is 23.5 Å². The second kappa shape index (κ2) is 8.74. The molecule has 2 heterocycles. The van der Waals surface area contributed by atoms with Crippen LogP contribution in [0.1, 0.15) is 43.9 Å². The zero-order valence-electron chi connectivity index (χ0n) is 17.5. The molecule has 0 spiro atoms. The van der Waals surface area contributed by atoms with E-state index in [9.17, 15) is 9.59 Å².